The molecule has 2 atom stereocenters. The molecule has 1 amide bonds. The maximum absolute atomic E-state index is 10.6. The standard InChI is InChI=1S/C10H16N4O2/c1-6-9(13-4-3-12-6)7(2)14-5-8(15)10(11)16/h3-4,7-8,14-15H,5H2,1-2H3,(H2,11,16). The molecule has 0 saturated heterocycles. The number of amides is 1. The van der Waals surface area contributed by atoms with E-state index in [0.717, 1.165) is 11.4 Å². The van der Waals surface area contributed by atoms with Gasteiger partial charge in [0.2, 0.25) is 5.91 Å². The lowest BCUT2D eigenvalue weighted by molar-refractivity contribution is -0.125. The molecule has 0 aliphatic rings. The van der Waals surface area contributed by atoms with Crippen molar-refractivity contribution in [2.24, 2.45) is 5.73 Å². The fourth-order valence-electron chi connectivity index (χ4n) is 1.33. The van der Waals surface area contributed by atoms with Gasteiger partial charge in [0.25, 0.3) is 0 Å². The van der Waals surface area contributed by atoms with E-state index >= 15 is 0 Å². The lowest BCUT2D eigenvalue weighted by Crippen LogP contribution is -2.38. The number of carbonyl (C=O) groups is 1. The summed E-state index contributed by atoms with van der Waals surface area (Å²) in [5.41, 5.74) is 6.54. The van der Waals surface area contributed by atoms with Gasteiger partial charge in [0.05, 0.1) is 11.4 Å². The van der Waals surface area contributed by atoms with E-state index in [1.54, 1.807) is 12.4 Å². The van der Waals surface area contributed by atoms with Gasteiger partial charge < -0.3 is 16.2 Å². The van der Waals surface area contributed by atoms with Gasteiger partial charge in [-0.1, -0.05) is 0 Å². The molecular formula is C10H16N4O2. The summed E-state index contributed by atoms with van der Waals surface area (Å²) in [6, 6.07) is -0.0947. The molecule has 6 heteroatoms. The van der Waals surface area contributed by atoms with Crippen LogP contribution in [0.1, 0.15) is 24.4 Å². The fraction of sp³-hybridized carbons (Fsp3) is 0.500. The molecular weight excluding hydrogens is 208 g/mol. The highest BCUT2D eigenvalue weighted by Crippen LogP contribution is 2.11. The van der Waals surface area contributed by atoms with Gasteiger partial charge >= 0.3 is 0 Å². The Labute approximate surface area is 93.9 Å². The Kier molecular flexibility index (Phi) is 4.33. The van der Waals surface area contributed by atoms with E-state index in [0.29, 0.717) is 0 Å². The number of primary amides is 1. The molecule has 1 aromatic heterocycles. The van der Waals surface area contributed by atoms with Gasteiger partial charge in [-0.3, -0.25) is 14.8 Å². The first-order valence-electron chi connectivity index (χ1n) is 5.00. The van der Waals surface area contributed by atoms with E-state index in [4.69, 9.17) is 5.73 Å². The van der Waals surface area contributed by atoms with Crippen LogP contribution < -0.4 is 11.1 Å². The Balaban J connectivity index is 2.56. The lowest BCUT2D eigenvalue weighted by atomic mass is 10.2. The minimum atomic E-state index is -1.18. The van der Waals surface area contributed by atoms with Crippen LogP contribution in [0, 0.1) is 6.92 Å². The number of rotatable bonds is 5. The second-order valence-electron chi connectivity index (χ2n) is 3.58. The van der Waals surface area contributed by atoms with Crippen LogP contribution in [0.25, 0.3) is 0 Å². The molecule has 0 bridgehead atoms. The molecule has 0 aromatic carbocycles. The molecule has 6 nitrogen and oxygen atoms in total. The number of aliphatic hydroxyl groups is 1. The zero-order valence-electron chi connectivity index (χ0n) is 9.34. The van der Waals surface area contributed by atoms with Crippen LogP contribution in [0.3, 0.4) is 0 Å². The van der Waals surface area contributed by atoms with Crippen LogP contribution in [0.4, 0.5) is 0 Å². The maximum atomic E-state index is 10.6. The van der Waals surface area contributed by atoms with Crippen molar-refractivity contribution in [2.75, 3.05) is 6.54 Å². The number of nitrogens with two attached hydrogens (primary N) is 1. The van der Waals surface area contributed by atoms with Crippen LogP contribution in [0.15, 0.2) is 12.4 Å². The third-order valence-corrected chi connectivity index (χ3v) is 2.28. The average Bonchev–Trinajstić information content (AvgIpc) is 2.25. The van der Waals surface area contributed by atoms with Crippen molar-refractivity contribution < 1.29 is 9.90 Å². The topological polar surface area (TPSA) is 101 Å². The quantitative estimate of drug-likeness (QED) is 0.613. The molecule has 0 aliphatic heterocycles. The summed E-state index contributed by atoms with van der Waals surface area (Å²) in [5.74, 6) is -0.740. The zero-order valence-corrected chi connectivity index (χ0v) is 9.34. The maximum Gasteiger partial charge on any atom is 0.247 e. The van der Waals surface area contributed by atoms with Crippen molar-refractivity contribution in [1.29, 1.82) is 0 Å². The van der Waals surface area contributed by atoms with Gasteiger partial charge in [-0.15, -0.1) is 0 Å². The number of hydrogen-bond donors (Lipinski definition) is 3. The number of aryl methyl sites for hydroxylation is 1. The number of hydrogen-bond acceptors (Lipinski definition) is 5. The minimum Gasteiger partial charge on any atom is -0.382 e. The van der Waals surface area contributed by atoms with Crippen molar-refractivity contribution in [1.82, 2.24) is 15.3 Å². The zero-order chi connectivity index (χ0) is 12.1. The Hall–Kier alpha value is -1.53. The van der Waals surface area contributed by atoms with Gasteiger partial charge in [0.1, 0.15) is 6.10 Å². The predicted octanol–water partition coefficient (Wildman–Crippen LogP) is -0.718. The van der Waals surface area contributed by atoms with E-state index in [1.165, 1.54) is 0 Å². The summed E-state index contributed by atoms with van der Waals surface area (Å²) < 4.78 is 0. The summed E-state index contributed by atoms with van der Waals surface area (Å²) in [5, 5.41) is 12.2. The summed E-state index contributed by atoms with van der Waals surface area (Å²) in [7, 11) is 0. The third kappa shape index (κ3) is 3.25. The predicted molar refractivity (Wildman–Crippen MR) is 58.4 cm³/mol. The first-order valence-corrected chi connectivity index (χ1v) is 5.00. The Morgan fingerprint density at radius 1 is 1.56 bits per heavy atom. The van der Waals surface area contributed by atoms with Crippen LogP contribution in [0.2, 0.25) is 0 Å². The fourth-order valence-corrected chi connectivity index (χ4v) is 1.33. The van der Waals surface area contributed by atoms with Crippen LogP contribution in [-0.4, -0.2) is 33.6 Å². The Morgan fingerprint density at radius 2 is 2.19 bits per heavy atom. The molecule has 1 rings (SSSR count). The smallest absolute Gasteiger partial charge is 0.247 e. The highest BCUT2D eigenvalue weighted by molar-refractivity contribution is 5.78. The van der Waals surface area contributed by atoms with E-state index < -0.39 is 12.0 Å². The van der Waals surface area contributed by atoms with E-state index in [-0.39, 0.29) is 12.6 Å². The number of carbonyl (C=O) groups excluding carboxylic acids is 1. The lowest BCUT2D eigenvalue weighted by Gasteiger charge is -2.16. The molecule has 16 heavy (non-hydrogen) atoms. The van der Waals surface area contributed by atoms with Crippen LogP contribution in [0.5, 0.6) is 0 Å². The van der Waals surface area contributed by atoms with Crippen molar-refractivity contribution in [2.45, 2.75) is 26.0 Å². The van der Waals surface area contributed by atoms with Gasteiger partial charge in [-0.2, -0.15) is 0 Å². The molecule has 1 aromatic rings. The average molecular weight is 224 g/mol. The molecule has 0 fully saturated rings. The Bertz CT molecular complexity index is 370. The number of nitrogens with one attached hydrogen (secondary N) is 1. The van der Waals surface area contributed by atoms with E-state index in [2.05, 4.69) is 15.3 Å². The van der Waals surface area contributed by atoms with Crippen molar-refractivity contribution in [3.05, 3.63) is 23.8 Å². The second-order valence-corrected chi connectivity index (χ2v) is 3.58. The second kappa shape index (κ2) is 5.53. The normalized spacial score (nSPS) is 14.4. The Morgan fingerprint density at radius 3 is 2.75 bits per heavy atom. The number of aromatic nitrogens is 2. The first-order chi connectivity index (χ1) is 7.52. The molecule has 0 saturated carbocycles. The molecule has 0 radical (unpaired) electrons. The SMILES string of the molecule is Cc1nccnc1C(C)NCC(O)C(N)=O. The number of aliphatic hydroxyl groups excluding tert-OH is 1. The van der Waals surface area contributed by atoms with E-state index in [9.17, 15) is 9.90 Å². The van der Waals surface area contributed by atoms with Gasteiger partial charge in [0.15, 0.2) is 0 Å². The highest BCUT2D eigenvalue weighted by Gasteiger charge is 2.14. The van der Waals surface area contributed by atoms with Crippen molar-refractivity contribution in [3.8, 4) is 0 Å². The molecule has 88 valence electrons. The monoisotopic (exact) mass is 224 g/mol. The molecule has 0 spiro atoms. The number of nitrogens with zero attached hydrogens (tertiary/aromatic N) is 2. The summed E-state index contributed by atoms with van der Waals surface area (Å²) in [4.78, 5) is 18.9. The third-order valence-electron chi connectivity index (χ3n) is 2.28. The molecule has 1 heterocycles. The largest absolute Gasteiger partial charge is 0.382 e. The summed E-state index contributed by atoms with van der Waals surface area (Å²) >= 11 is 0. The van der Waals surface area contributed by atoms with Gasteiger partial charge in [0, 0.05) is 25.0 Å². The van der Waals surface area contributed by atoms with Gasteiger partial charge in [-0.05, 0) is 13.8 Å². The molecule has 2 unspecified atom stereocenters. The highest BCUT2D eigenvalue weighted by atomic mass is 16.3. The van der Waals surface area contributed by atoms with Crippen molar-refractivity contribution in [3.63, 3.8) is 0 Å². The van der Waals surface area contributed by atoms with E-state index in [1.807, 2.05) is 13.8 Å². The molecule has 0 aliphatic carbocycles. The first kappa shape index (κ1) is 12.5. The summed E-state index contributed by atoms with van der Waals surface area (Å²) in [6.07, 6.45) is 2.04. The van der Waals surface area contributed by atoms with Crippen LogP contribution >= 0.6 is 0 Å². The minimum absolute atomic E-state index is 0.0947. The van der Waals surface area contributed by atoms with Gasteiger partial charge in [-0.25, -0.2) is 0 Å². The van der Waals surface area contributed by atoms with Crippen LogP contribution in [-0.2, 0) is 4.79 Å². The summed E-state index contributed by atoms with van der Waals surface area (Å²) in [6.45, 7) is 3.84. The molecule has 4 N–H and O–H groups in total. The van der Waals surface area contributed by atoms with Crippen molar-refractivity contribution >= 4 is 5.91 Å².